The third-order valence-electron chi connectivity index (χ3n) is 12.3. The third kappa shape index (κ3) is 54.0. The molecule has 0 saturated heterocycles. The van der Waals surface area contributed by atoms with E-state index >= 15 is 0 Å². The van der Waals surface area contributed by atoms with Gasteiger partial charge in [-0.3, -0.25) is 9.59 Å². The molecule has 0 saturated carbocycles. The Labute approximate surface area is 410 Å². The van der Waals surface area contributed by atoms with Gasteiger partial charge in [0, 0.05) is 19.4 Å². The molecule has 0 heterocycles. The van der Waals surface area contributed by atoms with Crippen molar-refractivity contribution >= 4 is 11.9 Å². The molecule has 0 aliphatic rings. The average molecular weight is 922 g/mol. The Bertz CT molecular complexity index is 1180. The van der Waals surface area contributed by atoms with Crippen molar-refractivity contribution in [1.29, 1.82) is 0 Å². The van der Waals surface area contributed by atoms with Gasteiger partial charge in [0.15, 0.2) is 0 Å². The molecule has 5 nitrogen and oxygen atoms in total. The van der Waals surface area contributed by atoms with E-state index in [1.54, 1.807) is 0 Å². The molecule has 0 amide bonds. The second-order valence-corrected chi connectivity index (χ2v) is 18.8. The molecule has 5 heteroatoms. The van der Waals surface area contributed by atoms with Gasteiger partial charge in [0.25, 0.3) is 0 Å². The highest BCUT2D eigenvalue weighted by atomic mass is 16.6. The zero-order chi connectivity index (χ0) is 47.7. The van der Waals surface area contributed by atoms with Crippen molar-refractivity contribution in [3.63, 3.8) is 0 Å². The van der Waals surface area contributed by atoms with E-state index in [1.807, 2.05) is 0 Å². The molecule has 0 fully saturated rings. The first-order chi connectivity index (χ1) is 32.6. The summed E-state index contributed by atoms with van der Waals surface area (Å²) in [6.07, 6.45) is 73.6. The van der Waals surface area contributed by atoms with Gasteiger partial charge in [-0.25, -0.2) is 0 Å². The third-order valence-corrected chi connectivity index (χ3v) is 12.3. The number of esters is 2. The van der Waals surface area contributed by atoms with Gasteiger partial charge in [0.05, 0.1) is 0 Å². The van der Waals surface area contributed by atoms with Crippen LogP contribution in [0, 0.1) is 0 Å². The highest BCUT2D eigenvalue weighted by Crippen LogP contribution is 2.15. The molecular weight excluding hydrogens is 813 g/mol. The maximum atomic E-state index is 12.6. The molecule has 0 radical (unpaired) electrons. The summed E-state index contributed by atoms with van der Waals surface area (Å²) < 4.78 is 17.5. The Balaban J connectivity index is 4.33. The van der Waals surface area contributed by atoms with Crippen LogP contribution < -0.4 is 0 Å². The summed E-state index contributed by atoms with van der Waals surface area (Å²) >= 11 is 0. The second-order valence-electron chi connectivity index (χ2n) is 18.8. The van der Waals surface area contributed by atoms with Crippen LogP contribution in [0.2, 0.25) is 0 Å². The first kappa shape index (κ1) is 63.3. The van der Waals surface area contributed by atoms with Crippen LogP contribution in [0.1, 0.15) is 278 Å². The fourth-order valence-electron chi connectivity index (χ4n) is 7.91. The van der Waals surface area contributed by atoms with Crippen LogP contribution in [-0.2, 0) is 23.8 Å². The summed E-state index contributed by atoms with van der Waals surface area (Å²) in [4.78, 5) is 25.3. The predicted molar refractivity (Wildman–Crippen MR) is 288 cm³/mol. The van der Waals surface area contributed by atoms with Gasteiger partial charge in [-0.2, -0.15) is 0 Å². The molecule has 1 atom stereocenters. The van der Waals surface area contributed by atoms with Crippen molar-refractivity contribution in [2.75, 3.05) is 19.8 Å². The lowest BCUT2D eigenvalue weighted by molar-refractivity contribution is -0.155. The summed E-state index contributed by atoms with van der Waals surface area (Å²) in [6, 6.07) is 0. The summed E-state index contributed by atoms with van der Waals surface area (Å²) in [6.45, 7) is 7.65. The molecule has 0 rings (SSSR count). The second kappa shape index (κ2) is 56.7. The predicted octanol–water partition coefficient (Wildman–Crippen LogP) is 19.5. The van der Waals surface area contributed by atoms with Gasteiger partial charge >= 0.3 is 11.9 Å². The minimum Gasteiger partial charge on any atom is -0.463 e. The number of ether oxygens (including phenoxy) is 3. The van der Waals surface area contributed by atoms with Crippen LogP contribution in [0.3, 0.4) is 0 Å². The van der Waals surface area contributed by atoms with E-state index in [9.17, 15) is 9.59 Å². The molecule has 0 aliphatic heterocycles. The Kier molecular flexibility index (Phi) is 54.4. The van der Waals surface area contributed by atoms with Crippen LogP contribution in [0.4, 0.5) is 0 Å². The molecule has 0 bridgehead atoms. The van der Waals surface area contributed by atoms with Crippen molar-refractivity contribution in [3.05, 3.63) is 72.9 Å². The van der Waals surface area contributed by atoms with Crippen molar-refractivity contribution in [3.8, 4) is 0 Å². The summed E-state index contributed by atoms with van der Waals surface area (Å²) in [7, 11) is 0. The van der Waals surface area contributed by atoms with Crippen LogP contribution in [0.5, 0.6) is 0 Å². The zero-order valence-electron chi connectivity index (χ0n) is 44.0. The van der Waals surface area contributed by atoms with Crippen molar-refractivity contribution in [2.45, 2.75) is 284 Å². The lowest BCUT2D eigenvalue weighted by Crippen LogP contribution is -2.29. The van der Waals surface area contributed by atoms with Crippen molar-refractivity contribution in [1.82, 2.24) is 0 Å². The van der Waals surface area contributed by atoms with E-state index in [0.717, 1.165) is 89.9 Å². The van der Waals surface area contributed by atoms with Gasteiger partial charge in [-0.1, -0.05) is 241 Å². The van der Waals surface area contributed by atoms with Gasteiger partial charge < -0.3 is 14.2 Å². The quantitative estimate of drug-likeness (QED) is 0.0346. The fourth-order valence-corrected chi connectivity index (χ4v) is 7.91. The Morgan fingerprint density at radius 3 is 0.939 bits per heavy atom. The molecular formula is C61H108O5. The van der Waals surface area contributed by atoms with E-state index in [4.69, 9.17) is 14.2 Å². The van der Waals surface area contributed by atoms with Crippen LogP contribution in [0.25, 0.3) is 0 Å². The largest absolute Gasteiger partial charge is 0.463 e. The number of carbonyl (C=O) groups is 2. The molecule has 66 heavy (non-hydrogen) atoms. The standard InChI is InChI=1S/C61H108O5/c1-4-7-10-13-16-19-22-25-28-30-31-32-34-37-40-43-46-49-52-55-61(63)66-58-59(64-56-53-50-47-44-41-38-35-29-26-23-20-17-14-11-8-5-2)57-65-60(62)54-51-48-45-42-39-36-33-27-24-21-18-15-12-9-6-3/h16,18-19,21,25,27-28,31-33,37,40,59H,4-15,17,20,22-24,26,29-30,34-36,38-39,41-58H2,1-3H3/b19-16-,21-18-,28-25-,32-31-,33-27-,40-37-/t59-/m0/s1. The van der Waals surface area contributed by atoms with E-state index < -0.39 is 6.10 Å². The Morgan fingerprint density at radius 1 is 0.318 bits per heavy atom. The highest BCUT2D eigenvalue weighted by Gasteiger charge is 2.16. The van der Waals surface area contributed by atoms with Crippen molar-refractivity contribution < 1.29 is 23.8 Å². The van der Waals surface area contributed by atoms with Gasteiger partial charge in [0.2, 0.25) is 0 Å². The molecule has 0 aliphatic carbocycles. The monoisotopic (exact) mass is 921 g/mol. The molecule has 0 unspecified atom stereocenters. The molecule has 0 aromatic carbocycles. The maximum absolute atomic E-state index is 12.6. The minimum atomic E-state index is -0.420. The van der Waals surface area contributed by atoms with E-state index in [1.165, 1.54) is 154 Å². The number of unbranched alkanes of at least 4 members (excludes halogenated alkanes) is 29. The molecule has 0 spiro atoms. The number of allylic oxidation sites excluding steroid dienone is 12. The smallest absolute Gasteiger partial charge is 0.305 e. The minimum absolute atomic E-state index is 0.136. The molecule has 382 valence electrons. The fraction of sp³-hybridized carbons (Fsp3) is 0.770. The normalized spacial score (nSPS) is 12.7. The Hall–Kier alpha value is -2.66. The lowest BCUT2D eigenvalue weighted by atomic mass is 10.0. The summed E-state index contributed by atoms with van der Waals surface area (Å²) in [5, 5.41) is 0. The molecule has 0 N–H and O–H groups in total. The van der Waals surface area contributed by atoms with Crippen LogP contribution >= 0.6 is 0 Å². The van der Waals surface area contributed by atoms with E-state index in [0.29, 0.717) is 19.4 Å². The average Bonchev–Trinajstić information content (AvgIpc) is 3.32. The van der Waals surface area contributed by atoms with Crippen LogP contribution in [0.15, 0.2) is 72.9 Å². The summed E-state index contributed by atoms with van der Waals surface area (Å²) in [5.41, 5.74) is 0. The number of hydrogen-bond donors (Lipinski definition) is 0. The van der Waals surface area contributed by atoms with Gasteiger partial charge in [-0.15, -0.1) is 0 Å². The van der Waals surface area contributed by atoms with Gasteiger partial charge in [0.1, 0.15) is 19.3 Å². The molecule has 0 aromatic rings. The highest BCUT2D eigenvalue weighted by molar-refractivity contribution is 5.69. The first-order valence-electron chi connectivity index (χ1n) is 28.5. The number of rotatable bonds is 52. The summed E-state index contributed by atoms with van der Waals surface area (Å²) in [5.74, 6) is -0.377. The number of carbonyl (C=O) groups excluding carboxylic acids is 2. The van der Waals surface area contributed by atoms with Gasteiger partial charge in [-0.05, 0) is 96.3 Å². The SMILES string of the molecule is CCCCC/C=C\C/C=C\C/C=C\C/C=C\CCCCCC(=O)OC[C@H](COC(=O)CCCCCCC/C=C\C/C=C\CCCCC)OCCCCCCCCCCCCCCCCCC. The van der Waals surface area contributed by atoms with Crippen molar-refractivity contribution in [2.24, 2.45) is 0 Å². The maximum Gasteiger partial charge on any atom is 0.305 e. The number of hydrogen-bond acceptors (Lipinski definition) is 5. The lowest BCUT2D eigenvalue weighted by Gasteiger charge is -2.18. The van der Waals surface area contributed by atoms with E-state index in [-0.39, 0.29) is 25.2 Å². The zero-order valence-corrected chi connectivity index (χ0v) is 44.0. The first-order valence-corrected chi connectivity index (χ1v) is 28.5. The topological polar surface area (TPSA) is 61.8 Å². The van der Waals surface area contributed by atoms with E-state index in [2.05, 4.69) is 93.7 Å². The molecule has 0 aromatic heterocycles. The Morgan fingerprint density at radius 2 is 0.576 bits per heavy atom. The van der Waals surface area contributed by atoms with Crippen LogP contribution in [-0.4, -0.2) is 37.9 Å².